The van der Waals surface area contributed by atoms with Crippen molar-refractivity contribution in [3.8, 4) is 11.5 Å². The molecule has 0 aromatic heterocycles. The highest BCUT2D eigenvalue weighted by atomic mass is 32.2. The number of nitrogens with one attached hydrogen (secondary N) is 1. The normalized spacial score (nSPS) is 17.1. The van der Waals surface area contributed by atoms with E-state index < -0.39 is 5.25 Å². The highest BCUT2D eigenvalue weighted by molar-refractivity contribution is 8.15. The van der Waals surface area contributed by atoms with Crippen LogP contribution in [0.1, 0.15) is 31.4 Å². The Morgan fingerprint density at radius 1 is 1.09 bits per heavy atom. The Morgan fingerprint density at radius 3 is 2.45 bits per heavy atom. The van der Waals surface area contributed by atoms with Gasteiger partial charge in [0.2, 0.25) is 11.8 Å². The maximum absolute atomic E-state index is 13.1. The third-order valence-electron chi connectivity index (χ3n) is 5.32. The quantitative estimate of drug-likeness (QED) is 0.593. The molecule has 0 saturated carbocycles. The van der Waals surface area contributed by atoms with Gasteiger partial charge in [-0.3, -0.25) is 14.5 Å². The maximum atomic E-state index is 13.1. The SMILES string of the molecule is COc1ccc(NC(=O)CC2SC(=Nc3ccc(C)c(C)c3)N(CC(C)C)C2=O)cc1OC. The molecule has 2 aromatic rings. The average Bonchev–Trinajstić information content (AvgIpc) is 3.04. The van der Waals surface area contributed by atoms with Gasteiger partial charge in [0.05, 0.1) is 19.9 Å². The van der Waals surface area contributed by atoms with E-state index in [-0.39, 0.29) is 24.2 Å². The zero-order valence-corrected chi connectivity index (χ0v) is 20.8. The largest absolute Gasteiger partial charge is 0.493 e. The average molecular weight is 470 g/mol. The lowest BCUT2D eigenvalue weighted by molar-refractivity contribution is -0.128. The molecule has 176 valence electrons. The molecule has 1 heterocycles. The van der Waals surface area contributed by atoms with Crippen LogP contribution in [0.25, 0.3) is 0 Å². The van der Waals surface area contributed by atoms with E-state index in [0.717, 1.165) is 11.3 Å². The zero-order chi connectivity index (χ0) is 24.1. The Morgan fingerprint density at radius 2 is 1.82 bits per heavy atom. The minimum atomic E-state index is -0.519. The first-order valence-electron chi connectivity index (χ1n) is 10.9. The number of rotatable bonds is 8. The fourth-order valence-corrected chi connectivity index (χ4v) is 4.63. The molecule has 0 bridgehead atoms. The van der Waals surface area contributed by atoms with Crippen LogP contribution >= 0.6 is 11.8 Å². The molecule has 1 aliphatic rings. The molecule has 1 N–H and O–H groups in total. The number of hydrogen-bond donors (Lipinski definition) is 1. The Kier molecular flexibility index (Phi) is 8.02. The van der Waals surface area contributed by atoms with Crippen molar-refractivity contribution in [3.63, 3.8) is 0 Å². The number of benzene rings is 2. The van der Waals surface area contributed by atoms with E-state index >= 15 is 0 Å². The second-order valence-electron chi connectivity index (χ2n) is 8.43. The summed E-state index contributed by atoms with van der Waals surface area (Å²) in [5, 5.41) is 2.97. The first-order chi connectivity index (χ1) is 15.7. The lowest BCUT2D eigenvalue weighted by Crippen LogP contribution is -2.36. The van der Waals surface area contributed by atoms with Crippen LogP contribution in [0.4, 0.5) is 11.4 Å². The molecule has 1 atom stereocenters. The zero-order valence-electron chi connectivity index (χ0n) is 20.0. The number of hydrogen-bond acceptors (Lipinski definition) is 6. The number of nitrogens with zero attached hydrogens (tertiary/aromatic N) is 2. The molecule has 0 spiro atoms. The Labute approximate surface area is 199 Å². The number of aryl methyl sites for hydroxylation is 2. The second-order valence-corrected chi connectivity index (χ2v) is 9.60. The summed E-state index contributed by atoms with van der Waals surface area (Å²) in [4.78, 5) is 32.3. The molecule has 0 aliphatic carbocycles. The summed E-state index contributed by atoms with van der Waals surface area (Å²) in [5.41, 5.74) is 3.72. The minimum Gasteiger partial charge on any atom is -0.493 e. The van der Waals surface area contributed by atoms with Crippen LogP contribution in [-0.2, 0) is 9.59 Å². The molecule has 3 rings (SSSR count). The molecule has 7 nitrogen and oxygen atoms in total. The molecule has 2 amide bonds. The Hall–Kier alpha value is -3.00. The molecular formula is C25H31N3O4S. The van der Waals surface area contributed by atoms with E-state index in [4.69, 9.17) is 14.5 Å². The van der Waals surface area contributed by atoms with Crippen LogP contribution in [0.3, 0.4) is 0 Å². The fraction of sp³-hybridized carbons (Fsp3) is 0.400. The van der Waals surface area contributed by atoms with Crippen molar-refractivity contribution < 1.29 is 19.1 Å². The van der Waals surface area contributed by atoms with Gasteiger partial charge >= 0.3 is 0 Å². The van der Waals surface area contributed by atoms with E-state index in [9.17, 15) is 9.59 Å². The first kappa shape index (κ1) is 24.6. The smallest absolute Gasteiger partial charge is 0.242 e. The van der Waals surface area contributed by atoms with Gasteiger partial charge in [0.15, 0.2) is 16.7 Å². The van der Waals surface area contributed by atoms with Crippen molar-refractivity contribution in [1.82, 2.24) is 4.90 Å². The molecule has 1 saturated heterocycles. The highest BCUT2D eigenvalue weighted by Gasteiger charge is 2.39. The van der Waals surface area contributed by atoms with Gasteiger partial charge in [-0.05, 0) is 55.2 Å². The molecule has 1 aliphatic heterocycles. The van der Waals surface area contributed by atoms with Gasteiger partial charge in [-0.15, -0.1) is 0 Å². The van der Waals surface area contributed by atoms with E-state index in [1.54, 1.807) is 30.2 Å². The van der Waals surface area contributed by atoms with E-state index in [2.05, 4.69) is 26.1 Å². The van der Waals surface area contributed by atoms with Gasteiger partial charge in [0.1, 0.15) is 5.25 Å². The maximum Gasteiger partial charge on any atom is 0.242 e. The van der Waals surface area contributed by atoms with Gasteiger partial charge in [-0.2, -0.15) is 0 Å². The van der Waals surface area contributed by atoms with Crippen molar-refractivity contribution in [1.29, 1.82) is 0 Å². The number of ether oxygens (including phenoxy) is 2. The molecular weight excluding hydrogens is 438 g/mol. The number of methoxy groups -OCH3 is 2. The first-order valence-corrected chi connectivity index (χ1v) is 11.8. The molecule has 1 fully saturated rings. The second kappa shape index (κ2) is 10.7. The van der Waals surface area contributed by atoms with Crippen molar-refractivity contribution in [2.24, 2.45) is 10.9 Å². The van der Waals surface area contributed by atoms with Crippen LogP contribution in [0.5, 0.6) is 11.5 Å². The lowest BCUT2D eigenvalue weighted by atomic mass is 10.1. The lowest BCUT2D eigenvalue weighted by Gasteiger charge is -2.18. The summed E-state index contributed by atoms with van der Waals surface area (Å²) in [6.07, 6.45) is 0.0540. The number of carbonyl (C=O) groups is 2. The van der Waals surface area contributed by atoms with E-state index in [1.165, 1.54) is 24.4 Å². The number of aliphatic imine (C=N–C) groups is 1. The minimum absolute atomic E-state index is 0.0540. The standard InChI is InChI=1S/C25H31N3O4S/c1-15(2)14-28-24(30)22(33-25(28)27-18-8-7-16(3)17(4)11-18)13-23(29)26-19-9-10-20(31-5)21(12-19)32-6/h7-12,15,22H,13-14H2,1-6H3,(H,26,29). The number of thioether (sulfide) groups is 1. The third-order valence-corrected chi connectivity index (χ3v) is 6.50. The molecule has 0 radical (unpaired) electrons. The number of carbonyl (C=O) groups excluding carboxylic acids is 2. The van der Waals surface area contributed by atoms with Crippen molar-refractivity contribution in [2.75, 3.05) is 26.1 Å². The van der Waals surface area contributed by atoms with E-state index in [0.29, 0.717) is 28.9 Å². The summed E-state index contributed by atoms with van der Waals surface area (Å²) >= 11 is 1.35. The van der Waals surface area contributed by atoms with Gasteiger partial charge in [0.25, 0.3) is 0 Å². The molecule has 33 heavy (non-hydrogen) atoms. The van der Waals surface area contributed by atoms with Crippen LogP contribution in [0, 0.1) is 19.8 Å². The van der Waals surface area contributed by atoms with Gasteiger partial charge in [-0.1, -0.05) is 31.7 Å². The summed E-state index contributed by atoms with van der Waals surface area (Å²) in [6.45, 7) is 8.77. The van der Waals surface area contributed by atoms with Crippen molar-refractivity contribution in [3.05, 3.63) is 47.5 Å². The molecule has 1 unspecified atom stereocenters. The van der Waals surface area contributed by atoms with Crippen LogP contribution < -0.4 is 14.8 Å². The number of anilines is 1. The third kappa shape index (κ3) is 6.07. The van der Waals surface area contributed by atoms with Gasteiger partial charge in [0, 0.05) is 24.7 Å². The fourth-order valence-electron chi connectivity index (χ4n) is 3.46. The van der Waals surface area contributed by atoms with Crippen LogP contribution in [0.15, 0.2) is 41.4 Å². The van der Waals surface area contributed by atoms with Crippen molar-refractivity contribution >= 4 is 40.1 Å². The summed E-state index contributed by atoms with van der Waals surface area (Å²) in [5.74, 6) is 1.05. The van der Waals surface area contributed by atoms with Gasteiger partial charge < -0.3 is 14.8 Å². The summed E-state index contributed by atoms with van der Waals surface area (Å²) in [6, 6.07) is 11.1. The predicted molar refractivity (Wildman–Crippen MR) is 134 cm³/mol. The van der Waals surface area contributed by atoms with Crippen LogP contribution in [0.2, 0.25) is 0 Å². The summed E-state index contributed by atoms with van der Waals surface area (Å²) in [7, 11) is 3.09. The van der Waals surface area contributed by atoms with E-state index in [1.807, 2.05) is 25.1 Å². The summed E-state index contributed by atoms with van der Waals surface area (Å²) < 4.78 is 10.5. The monoisotopic (exact) mass is 469 g/mol. The Balaban J connectivity index is 1.76. The topological polar surface area (TPSA) is 80.2 Å². The number of amidine groups is 1. The highest BCUT2D eigenvalue weighted by Crippen LogP contribution is 2.34. The number of amides is 2. The molecule has 2 aromatic carbocycles. The van der Waals surface area contributed by atoms with Crippen molar-refractivity contribution in [2.45, 2.75) is 39.4 Å². The predicted octanol–water partition coefficient (Wildman–Crippen LogP) is 4.94. The van der Waals surface area contributed by atoms with Crippen LogP contribution in [-0.4, -0.2) is 47.9 Å². The molecule has 8 heteroatoms. The Bertz CT molecular complexity index is 1070. The van der Waals surface area contributed by atoms with Gasteiger partial charge in [-0.25, -0.2) is 4.99 Å².